The first kappa shape index (κ1) is 22.6. The lowest BCUT2D eigenvalue weighted by atomic mass is 10.2. The van der Waals surface area contributed by atoms with Gasteiger partial charge in [-0.05, 0) is 48.5 Å². The van der Waals surface area contributed by atoms with E-state index in [0.29, 0.717) is 37.5 Å². The quantitative estimate of drug-likeness (QED) is 0.405. The Bertz CT molecular complexity index is 1360. The molecule has 3 heterocycles. The van der Waals surface area contributed by atoms with Crippen molar-refractivity contribution in [2.24, 2.45) is 0 Å². The third kappa shape index (κ3) is 4.44. The van der Waals surface area contributed by atoms with E-state index >= 15 is 0 Å². The number of rotatable bonds is 6. The smallest absolute Gasteiger partial charge is 0.253 e. The lowest BCUT2D eigenvalue weighted by molar-refractivity contribution is 0.0746. The number of anilines is 1. The van der Waals surface area contributed by atoms with E-state index in [9.17, 15) is 13.2 Å². The average Bonchev–Trinajstić information content (AvgIpc) is 3.53. The number of furan rings is 1. The number of carbonyl (C=O) groups excluding carboxylic acids is 1. The first-order valence-corrected chi connectivity index (χ1v) is 13.2. The number of hydrogen-bond acceptors (Lipinski definition) is 7. The fourth-order valence-electron chi connectivity index (χ4n) is 3.94. The van der Waals surface area contributed by atoms with Gasteiger partial charge in [-0.25, -0.2) is 13.4 Å². The van der Waals surface area contributed by atoms with Crippen molar-refractivity contribution >= 4 is 42.6 Å². The third-order valence-corrected chi connectivity index (χ3v) is 8.80. The summed E-state index contributed by atoms with van der Waals surface area (Å²) in [6.07, 6.45) is 1.51. The third-order valence-electron chi connectivity index (χ3n) is 5.89. The van der Waals surface area contributed by atoms with Crippen LogP contribution in [0.2, 0.25) is 0 Å². The predicted octanol–water partition coefficient (Wildman–Crippen LogP) is 3.67. The minimum atomic E-state index is -3.70. The summed E-state index contributed by atoms with van der Waals surface area (Å²) in [5.41, 5.74) is 1.46. The standard InChI is InChI=1S/C24H24N4O4S2/c1-26(17-19-5-4-16-32-19)34(30,31)20-10-8-18(9-11-20)23(29)27-12-14-28(15-13-27)24-25-21-6-2-3-7-22(21)33-24/h2-11,16H,12-15,17H2,1H3. The Morgan fingerprint density at radius 3 is 2.44 bits per heavy atom. The van der Waals surface area contributed by atoms with Gasteiger partial charge in [0.2, 0.25) is 10.0 Å². The number of para-hydroxylation sites is 1. The van der Waals surface area contributed by atoms with Crippen LogP contribution in [0.3, 0.4) is 0 Å². The molecule has 1 fully saturated rings. The van der Waals surface area contributed by atoms with Gasteiger partial charge in [-0.15, -0.1) is 0 Å². The summed E-state index contributed by atoms with van der Waals surface area (Å²) in [4.78, 5) is 21.9. The molecule has 0 spiro atoms. The van der Waals surface area contributed by atoms with Crippen LogP contribution >= 0.6 is 11.3 Å². The van der Waals surface area contributed by atoms with Crippen LogP contribution in [-0.4, -0.2) is 61.7 Å². The molecule has 34 heavy (non-hydrogen) atoms. The largest absolute Gasteiger partial charge is 0.468 e. The molecule has 1 aliphatic rings. The van der Waals surface area contributed by atoms with Crippen LogP contribution in [0, 0.1) is 0 Å². The molecule has 1 saturated heterocycles. The highest BCUT2D eigenvalue weighted by Gasteiger charge is 2.26. The van der Waals surface area contributed by atoms with Crippen molar-refractivity contribution < 1.29 is 17.6 Å². The number of nitrogens with zero attached hydrogens (tertiary/aromatic N) is 4. The topological polar surface area (TPSA) is 87.0 Å². The second-order valence-electron chi connectivity index (χ2n) is 8.11. The minimum Gasteiger partial charge on any atom is -0.468 e. The lowest BCUT2D eigenvalue weighted by Gasteiger charge is -2.34. The summed E-state index contributed by atoms with van der Waals surface area (Å²) < 4.78 is 33.3. The maximum Gasteiger partial charge on any atom is 0.253 e. The Balaban J connectivity index is 1.22. The zero-order chi connectivity index (χ0) is 23.7. The highest BCUT2D eigenvalue weighted by atomic mass is 32.2. The molecule has 0 saturated carbocycles. The zero-order valence-electron chi connectivity index (χ0n) is 18.6. The van der Waals surface area contributed by atoms with Crippen molar-refractivity contribution in [3.8, 4) is 0 Å². The predicted molar refractivity (Wildman–Crippen MR) is 132 cm³/mol. The fraction of sp³-hybridized carbons (Fsp3) is 0.250. The highest BCUT2D eigenvalue weighted by molar-refractivity contribution is 7.89. The second-order valence-corrected chi connectivity index (χ2v) is 11.2. The van der Waals surface area contributed by atoms with E-state index in [2.05, 4.69) is 11.0 Å². The average molecular weight is 497 g/mol. The Morgan fingerprint density at radius 2 is 1.76 bits per heavy atom. The monoisotopic (exact) mass is 496 g/mol. The molecule has 8 nitrogen and oxygen atoms in total. The van der Waals surface area contributed by atoms with Gasteiger partial charge in [-0.1, -0.05) is 23.5 Å². The fourth-order valence-corrected chi connectivity index (χ4v) is 6.09. The summed E-state index contributed by atoms with van der Waals surface area (Å²) in [5.74, 6) is 0.458. The minimum absolute atomic E-state index is 0.100. The van der Waals surface area contributed by atoms with E-state index in [-0.39, 0.29) is 17.3 Å². The van der Waals surface area contributed by atoms with Gasteiger partial charge in [0.25, 0.3) is 5.91 Å². The van der Waals surface area contributed by atoms with Crippen molar-refractivity contribution in [2.75, 3.05) is 38.1 Å². The van der Waals surface area contributed by atoms with Gasteiger partial charge in [0.1, 0.15) is 5.76 Å². The first-order valence-electron chi connectivity index (χ1n) is 10.9. The van der Waals surface area contributed by atoms with Gasteiger partial charge >= 0.3 is 0 Å². The number of hydrogen-bond donors (Lipinski definition) is 0. The van der Waals surface area contributed by atoms with E-state index in [1.165, 1.54) is 29.7 Å². The summed E-state index contributed by atoms with van der Waals surface area (Å²) in [6, 6.07) is 17.6. The normalized spacial score (nSPS) is 14.8. The summed E-state index contributed by atoms with van der Waals surface area (Å²) >= 11 is 1.66. The number of sulfonamides is 1. The maximum atomic E-state index is 13.0. The molecular weight excluding hydrogens is 472 g/mol. The summed E-state index contributed by atoms with van der Waals surface area (Å²) in [5, 5.41) is 0.974. The number of thiazole rings is 1. The van der Waals surface area contributed by atoms with Crippen molar-refractivity contribution in [3.05, 3.63) is 78.3 Å². The van der Waals surface area contributed by atoms with Crippen LogP contribution in [0.5, 0.6) is 0 Å². The Morgan fingerprint density at radius 1 is 1.03 bits per heavy atom. The molecule has 0 aliphatic carbocycles. The van der Waals surface area contributed by atoms with E-state index in [1.807, 2.05) is 18.2 Å². The van der Waals surface area contributed by atoms with Gasteiger partial charge in [-0.3, -0.25) is 4.79 Å². The molecule has 0 atom stereocenters. The molecular formula is C24H24N4O4S2. The summed E-state index contributed by atoms with van der Waals surface area (Å²) in [6.45, 7) is 2.71. The van der Waals surface area contributed by atoms with E-state index < -0.39 is 10.0 Å². The number of fused-ring (bicyclic) bond motifs is 1. The number of amides is 1. The van der Waals surface area contributed by atoms with Crippen LogP contribution in [0.4, 0.5) is 5.13 Å². The molecule has 0 radical (unpaired) electrons. The maximum absolute atomic E-state index is 13.0. The van der Waals surface area contributed by atoms with Crippen LogP contribution < -0.4 is 4.90 Å². The van der Waals surface area contributed by atoms with E-state index in [0.717, 1.165) is 15.3 Å². The van der Waals surface area contributed by atoms with Crippen molar-refractivity contribution in [3.63, 3.8) is 0 Å². The molecule has 1 amide bonds. The Hall–Kier alpha value is -3.21. The second kappa shape index (κ2) is 9.21. The number of carbonyl (C=O) groups is 1. The van der Waals surface area contributed by atoms with Crippen LogP contribution in [-0.2, 0) is 16.6 Å². The molecule has 10 heteroatoms. The highest BCUT2D eigenvalue weighted by Crippen LogP contribution is 2.29. The molecule has 0 N–H and O–H groups in total. The van der Waals surface area contributed by atoms with Crippen LogP contribution in [0.1, 0.15) is 16.1 Å². The first-order chi connectivity index (χ1) is 16.4. The SMILES string of the molecule is CN(Cc1ccco1)S(=O)(=O)c1ccc(C(=O)N2CCN(c3nc4ccccc4s3)CC2)cc1. The van der Waals surface area contributed by atoms with Gasteiger partial charge < -0.3 is 14.2 Å². The van der Waals surface area contributed by atoms with Gasteiger partial charge in [0.15, 0.2) is 5.13 Å². The van der Waals surface area contributed by atoms with E-state index in [4.69, 9.17) is 9.40 Å². The lowest BCUT2D eigenvalue weighted by Crippen LogP contribution is -2.48. The molecule has 176 valence electrons. The van der Waals surface area contributed by atoms with Crippen molar-refractivity contribution in [2.45, 2.75) is 11.4 Å². The van der Waals surface area contributed by atoms with Gasteiger partial charge in [-0.2, -0.15) is 4.31 Å². The molecule has 2 aromatic carbocycles. The molecule has 5 rings (SSSR count). The van der Waals surface area contributed by atoms with Crippen LogP contribution in [0.15, 0.2) is 76.2 Å². The van der Waals surface area contributed by atoms with Gasteiger partial charge in [0.05, 0.1) is 27.9 Å². The molecule has 1 aliphatic heterocycles. The molecule has 0 unspecified atom stereocenters. The zero-order valence-corrected chi connectivity index (χ0v) is 20.3. The van der Waals surface area contributed by atoms with Gasteiger partial charge in [0, 0.05) is 38.8 Å². The number of piperazine rings is 1. The van der Waals surface area contributed by atoms with Crippen molar-refractivity contribution in [1.29, 1.82) is 0 Å². The molecule has 4 aromatic rings. The Kier molecular flexibility index (Phi) is 6.11. The molecule has 0 bridgehead atoms. The number of benzene rings is 2. The van der Waals surface area contributed by atoms with Crippen molar-refractivity contribution in [1.82, 2.24) is 14.2 Å². The molecule has 2 aromatic heterocycles. The Labute approximate surface area is 202 Å². The number of aromatic nitrogens is 1. The summed E-state index contributed by atoms with van der Waals surface area (Å²) in [7, 11) is -2.19. The van der Waals surface area contributed by atoms with E-state index in [1.54, 1.807) is 40.5 Å². The van der Waals surface area contributed by atoms with Crippen LogP contribution in [0.25, 0.3) is 10.2 Å².